The Morgan fingerprint density at radius 3 is 2.78 bits per heavy atom. The van der Waals surface area contributed by atoms with Gasteiger partial charge in [-0.1, -0.05) is 30.3 Å². The van der Waals surface area contributed by atoms with Gasteiger partial charge < -0.3 is 15.3 Å². The maximum Gasteiger partial charge on any atom is 0.323 e. The van der Waals surface area contributed by atoms with E-state index in [1.807, 2.05) is 30.3 Å². The predicted octanol–water partition coefficient (Wildman–Crippen LogP) is 0.114. The van der Waals surface area contributed by atoms with Crippen molar-refractivity contribution in [3.8, 4) is 0 Å². The third kappa shape index (κ3) is 3.07. The van der Waals surface area contributed by atoms with Crippen molar-refractivity contribution in [1.82, 2.24) is 10.2 Å². The molecule has 1 atom stereocenters. The Balaban J connectivity index is 2.00. The number of piperazine rings is 1. The second-order valence-corrected chi connectivity index (χ2v) is 4.35. The second-order valence-electron chi connectivity index (χ2n) is 4.35. The molecule has 0 aromatic heterocycles. The molecule has 96 valence electrons. The first-order valence-corrected chi connectivity index (χ1v) is 5.94. The summed E-state index contributed by atoms with van der Waals surface area (Å²) in [6, 6.07) is 9.39. The van der Waals surface area contributed by atoms with Gasteiger partial charge in [0.2, 0.25) is 5.91 Å². The van der Waals surface area contributed by atoms with Crippen LogP contribution in [0, 0.1) is 0 Å². The minimum absolute atomic E-state index is 0.132. The van der Waals surface area contributed by atoms with Crippen LogP contribution in [-0.4, -0.2) is 47.6 Å². The van der Waals surface area contributed by atoms with Crippen molar-refractivity contribution < 1.29 is 14.7 Å². The Hall–Kier alpha value is -1.88. The highest BCUT2D eigenvalue weighted by Gasteiger charge is 2.29. The van der Waals surface area contributed by atoms with E-state index in [1.165, 1.54) is 4.90 Å². The summed E-state index contributed by atoms with van der Waals surface area (Å²) in [4.78, 5) is 24.1. The topological polar surface area (TPSA) is 69.6 Å². The molecule has 1 aliphatic heterocycles. The number of carbonyl (C=O) groups is 2. The molecule has 0 bridgehead atoms. The third-order valence-electron chi connectivity index (χ3n) is 2.99. The van der Waals surface area contributed by atoms with E-state index in [9.17, 15) is 9.59 Å². The maximum absolute atomic E-state index is 12.1. The van der Waals surface area contributed by atoms with Gasteiger partial charge in [0.1, 0.15) is 6.54 Å². The van der Waals surface area contributed by atoms with E-state index in [4.69, 9.17) is 5.11 Å². The molecule has 5 heteroatoms. The van der Waals surface area contributed by atoms with Gasteiger partial charge in [0.25, 0.3) is 0 Å². The Labute approximate surface area is 105 Å². The fourth-order valence-corrected chi connectivity index (χ4v) is 2.12. The standard InChI is InChI=1S/C13H16N2O3/c16-12(17)9-15-7-6-14-11(13(15)18)8-10-4-2-1-3-5-10/h1-5,11,14H,6-9H2,(H,16,17). The molecule has 0 spiro atoms. The van der Waals surface area contributed by atoms with Gasteiger partial charge in [0.15, 0.2) is 0 Å². The molecule has 1 heterocycles. The first-order chi connectivity index (χ1) is 8.66. The van der Waals surface area contributed by atoms with Crippen LogP contribution in [0.3, 0.4) is 0 Å². The summed E-state index contributed by atoms with van der Waals surface area (Å²) >= 11 is 0. The van der Waals surface area contributed by atoms with Gasteiger partial charge in [0, 0.05) is 13.1 Å². The molecule has 5 nitrogen and oxygen atoms in total. The van der Waals surface area contributed by atoms with Crippen molar-refractivity contribution in [3.63, 3.8) is 0 Å². The van der Waals surface area contributed by atoms with Crippen LogP contribution in [-0.2, 0) is 16.0 Å². The molecule has 2 rings (SSSR count). The Morgan fingerprint density at radius 2 is 2.11 bits per heavy atom. The van der Waals surface area contributed by atoms with Gasteiger partial charge >= 0.3 is 5.97 Å². The van der Waals surface area contributed by atoms with Crippen molar-refractivity contribution in [3.05, 3.63) is 35.9 Å². The molecule has 18 heavy (non-hydrogen) atoms. The van der Waals surface area contributed by atoms with Crippen molar-refractivity contribution in [2.45, 2.75) is 12.5 Å². The summed E-state index contributed by atoms with van der Waals surface area (Å²) in [7, 11) is 0. The normalized spacial score (nSPS) is 19.9. The number of carboxylic acid groups (broad SMARTS) is 1. The van der Waals surface area contributed by atoms with Crippen LogP contribution in [0.2, 0.25) is 0 Å². The molecule has 1 fully saturated rings. The zero-order valence-electron chi connectivity index (χ0n) is 10.0. The second kappa shape index (κ2) is 5.64. The highest BCUT2D eigenvalue weighted by atomic mass is 16.4. The highest BCUT2D eigenvalue weighted by molar-refractivity contribution is 5.86. The van der Waals surface area contributed by atoms with Gasteiger partial charge in [-0.2, -0.15) is 0 Å². The van der Waals surface area contributed by atoms with Crippen LogP contribution in [0.1, 0.15) is 5.56 Å². The van der Waals surface area contributed by atoms with E-state index in [0.29, 0.717) is 19.5 Å². The molecule has 0 aliphatic carbocycles. The average Bonchev–Trinajstić information content (AvgIpc) is 2.35. The monoisotopic (exact) mass is 248 g/mol. The zero-order chi connectivity index (χ0) is 13.0. The van der Waals surface area contributed by atoms with Crippen molar-refractivity contribution >= 4 is 11.9 Å². The smallest absolute Gasteiger partial charge is 0.323 e. The summed E-state index contributed by atoms with van der Waals surface area (Å²) in [5.74, 6) is -1.10. The summed E-state index contributed by atoms with van der Waals surface area (Å²) < 4.78 is 0. The number of hydrogen-bond acceptors (Lipinski definition) is 3. The van der Waals surface area contributed by atoms with Crippen LogP contribution >= 0.6 is 0 Å². The fraction of sp³-hybridized carbons (Fsp3) is 0.385. The van der Waals surface area contributed by atoms with Crippen LogP contribution in [0.15, 0.2) is 30.3 Å². The van der Waals surface area contributed by atoms with E-state index in [-0.39, 0.29) is 18.5 Å². The number of nitrogens with one attached hydrogen (secondary N) is 1. The summed E-state index contributed by atoms with van der Waals surface area (Å²) in [5, 5.41) is 11.9. The third-order valence-corrected chi connectivity index (χ3v) is 2.99. The van der Waals surface area contributed by atoms with E-state index >= 15 is 0 Å². The molecular weight excluding hydrogens is 232 g/mol. The zero-order valence-corrected chi connectivity index (χ0v) is 10.0. The minimum Gasteiger partial charge on any atom is -0.480 e. The van der Waals surface area contributed by atoms with Gasteiger partial charge in [-0.3, -0.25) is 9.59 Å². The van der Waals surface area contributed by atoms with Gasteiger partial charge in [-0.15, -0.1) is 0 Å². The molecule has 2 N–H and O–H groups in total. The molecule has 1 aromatic carbocycles. The number of rotatable bonds is 4. The Bertz CT molecular complexity index is 433. The minimum atomic E-state index is -0.969. The van der Waals surface area contributed by atoms with Crippen LogP contribution in [0.4, 0.5) is 0 Å². The largest absolute Gasteiger partial charge is 0.480 e. The van der Waals surface area contributed by atoms with E-state index in [1.54, 1.807) is 0 Å². The van der Waals surface area contributed by atoms with Crippen molar-refractivity contribution in [1.29, 1.82) is 0 Å². The van der Waals surface area contributed by atoms with Crippen LogP contribution < -0.4 is 5.32 Å². The van der Waals surface area contributed by atoms with Crippen LogP contribution in [0.5, 0.6) is 0 Å². The van der Waals surface area contributed by atoms with Crippen molar-refractivity contribution in [2.24, 2.45) is 0 Å². The van der Waals surface area contributed by atoms with Crippen LogP contribution in [0.25, 0.3) is 0 Å². The van der Waals surface area contributed by atoms with Gasteiger partial charge in [-0.05, 0) is 12.0 Å². The number of benzene rings is 1. The fourth-order valence-electron chi connectivity index (χ4n) is 2.12. The molecule has 1 unspecified atom stereocenters. The molecule has 1 aliphatic rings. The average molecular weight is 248 g/mol. The number of aliphatic carboxylic acids is 1. The lowest BCUT2D eigenvalue weighted by Crippen LogP contribution is -2.56. The van der Waals surface area contributed by atoms with Crippen molar-refractivity contribution in [2.75, 3.05) is 19.6 Å². The lowest BCUT2D eigenvalue weighted by molar-refractivity contribution is -0.146. The summed E-state index contributed by atoms with van der Waals surface area (Å²) in [6.45, 7) is 0.874. The molecule has 1 saturated heterocycles. The lowest BCUT2D eigenvalue weighted by atomic mass is 10.0. The number of hydrogen-bond donors (Lipinski definition) is 2. The molecule has 1 aromatic rings. The van der Waals surface area contributed by atoms with E-state index in [0.717, 1.165) is 5.56 Å². The molecular formula is C13H16N2O3. The molecule has 0 radical (unpaired) electrons. The van der Waals surface area contributed by atoms with Gasteiger partial charge in [0.05, 0.1) is 6.04 Å². The lowest BCUT2D eigenvalue weighted by Gasteiger charge is -2.32. The number of amides is 1. The van der Waals surface area contributed by atoms with E-state index in [2.05, 4.69) is 5.32 Å². The first kappa shape index (κ1) is 12.6. The Morgan fingerprint density at radius 1 is 1.39 bits per heavy atom. The Kier molecular flexibility index (Phi) is 3.94. The predicted molar refractivity (Wildman–Crippen MR) is 66.2 cm³/mol. The molecule has 1 amide bonds. The SMILES string of the molecule is O=C(O)CN1CCNC(Cc2ccccc2)C1=O. The van der Waals surface area contributed by atoms with E-state index < -0.39 is 5.97 Å². The highest BCUT2D eigenvalue weighted by Crippen LogP contribution is 2.08. The first-order valence-electron chi connectivity index (χ1n) is 5.94. The van der Waals surface area contributed by atoms with Gasteiger partial charge in [-0.25, -0.2) is 0 Å². The number of carboxylic acids is 1. The number of nitrogens with zero attached hydrogens (tertiary/aromatic N) is 1. The quantitative estimate of drug-likeness (QED) is 0.793. The summed E-state index contributed by atoms with van der Waals surface area (Å²) in [6.07, 6.45) is 0.593. The number of carbonyl (C=O) groups excluding carboxylic acids is 1. The maximum atomic E-state index is 12.1. The summed E-state index contributed by atoms with van der Waals surface area (Å²) in [5.41, 5.74) is 1.07. The molecule has 0 saturated carbocycles.